The number of nitrogens with one attached hydrogen (secondary N) is 1. The van der Waals surface area contributed by atoms with E-state index in [2.05, 4.69) is 19.2 Å². The Hall–Kier alpha value is -1.99. The molecule has 0 radical (unpaired) electrons. The number of carbonyl (C=O) groups is 1. The summed E-state index contributed by atoms with van der Waals surface area (Å²) in [7, 11) is 0. The normalized spacial score (nSPS) is 12.0. The van der Waals surface area contributed by atoms with Crippen molar-refractivity contribution in [1.82, 2.24) is 0 Å². The van der Waals surface area contributed by atoms with Gasteiger partial charge in [0.1, 0.15) is 12.4 Å². The number of amides is 1. The van der Waals surface area contributed by atoms with Crippen LogP contribution in [-0.4, -0.2) is 171 Å². The molecule has 0 saturated carbocycles. The molecule has 1 atom stereocenters. The first-order valence-electron chi connectivity index (χ1n) is 18.5. The van der Waals surface area contributed by atoms with Crippen LogP contribution < -0.4 is 10.1 Å². The highest BCUT2D eigenvalue weighted by molar-refractivity contribution is 5.88. The van der Waals surface area contributed by atoms with E-state index in [1.165, 1.54) is 6.92 Å². The van der Waals surface area contributed by atoms with E-state index in [0.29, 0.717) is 170 Å². The van der Waals surface area contributed by atoms with E-state index in [9.17, 15) is 4.79 Å². The van der Waals surface area contributed by atoms with Gasteiger partial charge in [0.05, 0.1) is 152 Å². The Kier molecular flexibility index (Phi) is 35.8. The minimum Gasteiger partial charge on any atom is -0.491 e. The maximum Gasteiger partial charge on any atom is 0.221 e. The Morgan fingerprint density at radius 3 is 1.00 bits per heavy atom. The fourth-order valence-corrected chi connectivity index (χ4v) is 3.88. The molecule has 0 heterocycles. The Morgan fingerprint density at radius 2 is 0.731 bits per heavy atom. The molecule has 1 unspecified atom stereocenters. The van der Waals surface area contributed by atoms with Gasteiger partial charge in [-0.2, -0.15) is 0 Å². The molecule has 0 spiro atoms. The lowest BCUT2D eigenvalue weighted by molar-refractivity contribution is -0.114. The summed E-state index contributed by atoms with van der Waals surface area (Å²) in [6, 6.07) is 7.18. The van der Waals surface area contributed by atoms with Crippen molar-refractivity contribution in [3.05, 3.63) is 24.3 Å². The summed E-state index contributed by atoms with van der Waals surface area (Å²) in [4.78, 5) is 11.0. The number of hydrogen-bond acceptors (Lipinski definition) is 14. The second kappa shape index (κ2) is 38.7. The van der Waals surface area contributed by atoms with Crippen LogP contribution in [0.1, 0.15) is 27.2 Å². The molecule has 1 aromatic carbocycles. The van der Waals surface area contributed by atoms with E-state index in [-0.39, 0.29) is 5.91 Å². The zero-order valence-corrected chi connectivity index (χ0v) is 32.0. The van der Waals surface area contributed by atoms with Crippen molar-refractivity contribution in [3.8, 4) is 5.75 Å². The van der Waals surface area contributed by atoms with Crippen molar-refractivity contribution in [2.24, 2.45) is 5.92 Å². The van der Waals surface area contributed by atoms with Gasteiger partial charge in [-0.15, -0.1) is 0 Å². The van der Waals surface area contributed by atoms with E-state index in [1.54, 1.807) is 24.3 Å². The Bertz CT molecular complexity index is 882. The molecule has 1 aromatic rings. The third kappa shape index (κ3) is 35.1. The molecular weight excluding hydrogens is 682 g/mol. The highest BCUT2D eigenvalue weighted by atomic mass is 16.6. The Balaban J connectivity index is 1.64. The lowest BCUT2D eigenvalue weighted by Crippen LogP contribution is -2.15. The molecule has 15 nitrogen and oxygen atoms in total. The van der Waals surface area contributed by atoms with Crippen molar-refractivity contribution in [1.29, 1.82) is 0 Å². The van der Waals surface area contributed by atoms with E-state index in [0.717, 1.165) is 18.7 Å². The molecular formula is C37H67NO14. The van der Waals surface area contributed by atoms with E-state index >= 15 is 0 Å². The summed E-state index contributed by atoms with van der Waals surface area (Å²) < 4.78 is 71.5. The second-order valence-electron chi connectivity index (χ2n) is 11.4. The Labute approximate surface area is 311 Å². The van der Waals surface area contributed by atoms with Gasteiger partial charge in [0.15, 0.2) is 0 Å². The predicted octanol–water partition coefficient (Wildman–Crippen LogP) is 3.27. The maximum atomic E-state index is 11.0. The smallest absolute Gasteiger partial charge is 0.221 e. The lowest BCUT2D eigenvalue weighted by Gasteiger charge is -2.10. The molecule has 0 aliphatic rings. The predicted molar refractivity (Wildman–Crippen MR) is 196 cm³/mol. The SMILES string of the molecule is CCC(C)COCCOCCOCCOCCOCCOCCOCCOCCOCCOCCOCCOCCOc1ccc(NC(C)=O)cc1. The summed E-state index contributed by atoms with van der Waals surface area (Å²) in [5.74, 6) is 1.20. The number of benzene rings is 1. The first-order valence-corrected chi connectivity index (χ1v) is 18.5. The van der Waals surface area contributed by atoms with Crippen LogP contribution in [-0.2, 0) is 61.6 Å². The first-order chi connectivity index (χ1) is 25.6. The number of ether oxygens (including phenoxy) is 13. The van der Waals surface area contributed by atoms with Gasteiger partial charge in [0, 0.05) is 19.2 Å². The van der Waals surface area contributed by atoms with Crippen LogP contribution in [0.4, 0.5) is 5.69 Å². The summed E-state index contributed by atoms with van der Waals surface area (Å²) in [5, 5.41) is 2.71. The van der Waals surface area contributed by atoms with Crippen molar-refractivity contribution in [3.63, 3.8) is 0 Å². The van der Waals surface area contributed by atoms with E-state index in [1.807, 2.05) is 0 Å². The fourth-order valence-electron chi connectivity index (χ4n) is 3.88. The summed E-state index contributed by atoms with van der Waals surface area (Å²) in [6.07, 6.45) is 1.13. The molecule has 15 heteroatoms. The molecule has 0 aliphatic carbocycles. The van der Waals surface area contributed by atoms with Crippen LogP contribution in [0.25, 0.3) is 0 Å². The molecule has 0 bridgehead atoms. The Morgan fingerprint density at radius 1 is 0.462 bits per heavy atom. The molecule has 1 N–H and O–H groups in total. The number of rotatable bonds is 41. The average molecular weight is 750 g/mol. The maximum absolute atomic E-state index is 11.0. The van der Waals surface area contributed by atoms with Gasteiger partial charge in [0.25, 0.3) is 0 Å². The molecule has 0 fully saturated rings. The van der Waals surface area contributed by atoms with Crippen LogP contribution in [0.3, 0.4) is 0 Å². The van der Waals surface area contributed by atoms with E-state index < -0.39 is 0 Å². The van der Waals surface area contributed by atoms with Gasteiger partial charge in [-0.05, 0) is 30.2 Å². The van der Waals surface area contributed by atoms with Crippen LogP contribution in [0, 0.1) is 5.92 Å². The molecule has 304 valence electrons. The second-order valence-corrected chi connectivity index (χ2v) is 11.4. The average Bonchev–Trinajstić information content (AvgIpc) is 3.14. The molecule has 1 rings (SSSR count). The third-order valence-electron chi connectivity index (χ3n) is 6.86. The monoisotopic (exact) mass is 749 g/mol. The van der Waals surface area contributed by atoms with Gasteiger partial charge in [-0.1, -0.05) is 20.3 Å². The highest BCUT2D eigenvalue weighted by Crippen LogP contribution is 2.15. The van der Waals surface area contributed by atoms with Crippen molar-refractivity contribution in [2.75, 3.05) is 170 Å². The number of carbonyl (C=O) groups excluding carboxylic acids is 1. The summed E-state index contributed by atoms with van der Waals surface area (Å²) >= 11 is 0. The number of anilines is 1. The van der Waals surface area contributed by atoms with Crippen molar-refractivity contribution >= 4 is 11.6 Å². The molecule has 1 amide bonds. The third-order valence-corrected chi connectivity index (χ3v) is 6.86. The van der Waals surface area contributed by atoms with E-state index in [4.69, 9.17) is 61.6 Å². The fraction of sp³-hybridized carbons (Fsp3) is 0.811. The zero-order chi connectivity index (χ0) is 37.4. The largest absolute Gasteiger partial charge is 0.491 e. The van der Waals surface area contributed by atoms with Gasteiger partial charge in [0.2, 0.25) is 5.91 Å². The first kappa shape index (κ1) is 48.0. The van der Waals surface area contributed by atoms with Crippen LogP contribution >= 0.6 is 0 Å². The topological polar surface area (TPSA) is 149 Å². The summed E-state index contributed by atoms with van der Waals surface area (Å²) in [5.41, 5.74) is 0.731. The lowest BCUT2D eigenvalue weighted by atomic mass is 10.1. The molecule has 52 heavy (non-hydrogen) atoms. The molecule has 0 aliphatic heterocycles. The van der Waals surface area contributed by atoms with Gasteiger partial charge >= 0.3 is 0 Å². The van der Waals surface area contributed by atoms with Crippen molar-refractivity contribution < 1.29 is 66.4 Å². The minimum absolute atomic E-state index is 0.108. The quantitative estimate of drug-likeness (QED) is 0.0977. The number of hydrogen-bond donors (Lipinski definition) is 1. The summed E-state index contributed by atoms with van der Waals surface area (Å²) in [6.45, 7) is 18.8. The zero-order valence-electron chi connectivity index (χ0n) is 32.0. The minimum atomic E-state index is -0.108. The van der Waals surface area contributed by atoms with Gasteiger partial charge in [-0.25, -0.2) is 0 Å². The van der Waals surface area contributed by atoms with Crippen LogP contribution in [0.15, 0.2) is 24.3 Å². The molecule has 0 aromatic heterocycles. The van der Waals surface area contributed by atoms with Crippen molar-refractivity contribution in [2.45, 2.75) is 27.2 Å². The van der Waals surface area contributed by atoms with Gasteiger partial charge < -0.3 is 66.9 Å². The standard InChI is InChI=1S/C37H67NO14/c1-4-34(2)33-51-30-29-49-26-25-47-22-21-45-18-17-43-14-13-41-10-9-40-11-12-42-15-16-44-19-20-46-23-24-48-27-28-50-31-32-52-37-7-5-36(6-8-37)38-35(3)39/h5-8,34H,4,9-33H2,1-3H3,(H,38,39). The van der Waals surface area contributed by atoms with Crippen LogP contribution in [0.5, 0.6) is 5.75 Å². The highest BCUT2D eigenvalue weighted by Gasteiger charge is 2.00. The van der Waals surface area contributed by atoms with Gasteiger partial charge in [-0.3, -0.25) is 4.79 Å². The van der Waals surface area contributed by atoms with Crippen LogP contribution in [0.2, 0.25) is 0 Å². The molecule has 0 saturated heterocycles.